The number of nitrogens with one attached hydrogen (secondary N) is 1. The Morgan fingerprint density at radius 3 is 3.07 bits per heavy atom. The lowest BCUT2D eigenvalue weighted by atomic mass is 10.4. The Morgan fingerprint density at radius 2 is 2.33 bits per heavy atom. The van der Waals surface area contributed by atoms with Gasteiger partial charge in [-0.1, -0.05) is 0 Å². The normalized spacial score (nSPS) is 9.67. The molecule has 0 unspecified atom stereocenters. The molecule has 0 aromatic carbocycles. The van der Waals surface area contributed by atoms with Crippen LogP contribution in [0.2, 0.25) is 0 Å². The second-order valence-corrected chi connectivity index (χ2v) is 2.96. The number of rotatable bonds is 2. The Balaban J connectivity index is 0.00000112. The zero-order valence-electron chi connectivity index (χ0n) is 7.55. The molecule has 0 saturated heterocycles. The Bertz CT molecular complexity index is 470. The second-order valence-electron chi connectivity index (χ2n) is 2.70. The highest BCUT2D eigenvalue weighted by Gasteiger charge is 2.01. The summed E-state index contributed by atoms with van der Waals surface area (Å²) in [5, 5.41) is 10.2. The topological polar surface area (TPSA) is 59.3 Å². The third kappa shape index (κ3) is 2.57. The van der Waals surface area contributed by atoms with E-state index in [1.807, 2.05) is 0 Å². The van der Waals surface area contributed by atoms with Crippen molar-refractivity contribution in [1.82, 2.24) is 14.6 Å². The fraction of sp³-hybridized carbons (Fsp3) is 0.125. The lowest BCUT2D eigenvalue weighted by Crippen LogP contribution is -2.12. The number of amides is 1. The molecule has 2 heterocycles. The molecule has 1 N–H and O–H groups in total. The molecular weight excluding hydrogens is 239 g/mol. The first kappa shape index (κ1) is 11.7. The molecule has 7 heteroatoms. The molecule has 80 valence electrons. The first-order chi connectivity index (χ1) is 6.79. The van der Waals surface area contributed by atoms with Gasteiger partial charge in [-0.15, -0.1) is 34.2 Å². The molecule has 5 nitrogen and oxygen atoms in total. The van der Waals surface area contributed by atoms with Gasteiger partial charge in [-0.05, 0) is 12.1 Å². The van der Waals surface area contributed by atoms with E-state index in [0.717, 1.165) is 5.65 Å². The highest BCUT2D eigenvalue weighted by atomic mass is 35.5. The zero-order valence-corrected chi connectivity index (χ0v) is 9.13. The van der Waals surface area contributed by atoms with Crippen LogP contribution in [0.4, 0.5) is 5.69 Å². The molecule has 1 amide bonds. The number of fused-ring (bicyclic) bond motifs is 1. The number of hydrogen-bond acceptors (Lipinski definition) is 3. The molecule has 0 aliphatic rings. The molecule has 2 rings (SSSR count). The van der Waals surface area contributed by atoms with Crippen LogP contribution < -0.4 is 5.32 Å². The van der Waals surface area contributed by atoms with E-state index in [1.54, 1.807) is 29.1 Å². The van der Waals surface area contributed by atoms with Crippen LogP contribution in [-0.2, 0) is 4.79 Å². The second kappa shape index (κ2) is 4.95. The molecule has 0 radical (unpaired) electrons. The summed E-state index contributed by atoms with van der Waals surface area (Å²) >= 11 is 5.36. The van der Waals surface area contributed by atoms with Gasteiger partial charge in [0, 0.05) is 6.20 Å². The summed E-state index contributed by atoms with van der Waals surface area (Å²) in [6, 6.07) is 3.51. The molecule has 0 spiro atoms. The predicted octanol–water partition coefficient (Wildman–Crippen LogP) is 1.33. The third-order valence-electron chi connectivity index (χ3n) is 1.70. The number of carbonyl (C=O) groups excluding carboxylic acids is 1. The lowest BCUT2D eigenvalue weighted by molar-refractivity contribution is -0.113. The summed E-state index contributed by atoms with van der Waals surface area (Å²) < 4.78 is 1.71. The van der Waals surface area contributed by atoms with E-state index in [9.17, 15) is 4.79 Å². The Labute approximate surface area is 96.9 Å². The van der Waals surface area contributed by atoms with E-state index in [0.29, 0.717) is 5.69 Å². The number of aromatic nitrogens is 3. The molecule has 2 aromatic rings. The monoisotopic (exact) mass is 246 g/mol. The van der Waals surface area contributed by atoms with Gasteiger partial charge in [0.1, 0.15) is 12.2 Å². The fourth-order valence-corrected chi connectivity index (χ4v) is 1.16. The van der Waals surface area contributed by atoms with Gasteiger partial charge in [-0.25, -0.2) is 0 Å². The van der Waals surface area contributed by atoms with Gasteiger partial charge in [0.2, 0.25) is 5.91 Å². The predicted molar refractivity (Wildman–Crippen MR) is 59.6 cm³/mol. The highest BCUT2D eigenvalue weighted by molar-refractivity contribution is 6.29. The molecule has 15 heavy (non-hydrogen) atoms. The summed E-state index contributed by atoms with van der Waals surface area (Å²) in [6.07, 6.45) is 3.28. The van der Waals surface area contributed by atoms with E-state index in [2.05, 4.69) is 15.5 Å². The van der Waals surface area contributed by atoms with Crippen LogP contribution in [0.1, 0.15) is 0 Å². The van der Waals surface area contributed by atoms with Crippen LogP contribution in [0.3, 0.4) is 0 Å². The molecule has 0 fully saturated rings. The summed E-state index contributed by atoms with van der Waals surface area (Å²) in [7, 11) is 0. The molecule has 0 aliphatic carbocycles. The van der Waals surface area contributed by atoms with Gasteiger partial charge in [-0.3, -0.25) is 9.20 Å². The number of carbonyl (C=O) groups is 1. The number of nitrogens with zero attached hydrogens (tertiary/aromatic N) is 3. The molecule has 2 aromatic heterocycles. The van der Waals surface area contributed by atoms with Gasteiger partial charge in [0.25, 0.3) is 0 Å². The van der Waals surface area contributed by atoms with E-state index >= 15 is 0 Å². The minimum absolute atomic E-state index is 0. The van der Waals surface area contributed by atoms with Crippen molar-refractivity contribution in [3.8, 4) is 0 Å². The van der Waals surface area contributed by atoms with Crippen molar-refractivity contribution in [3.63, 3.8) is 0 Å². The van der Waals surface area contributed by atoms with E-state index in [4.69, 9.17) is 11.6 Å². The van der Waals surface area contributed by atoms with Crippen LogP contribution in [-0.4, -0.2) is 26.4 Å². The maximum atomic E-state index is 11.0. The molecule has 0 saturated carbocycles. The average Bonchev–Trinajstić information content (AvgIpc) is 2.64. The third-order valence-corrected chi connectivity index (χ3v) is 1.94. The maximum Gasteiger partial charge on any atom is 0.239 e. The summed E-state index contributed by atoms with van der Waals surface area (Å²) in [4.78, 5) is 11.0. The molecular formula is C8H8Cl2N4O. The van der Waals surface area contributed by atoms with Crippen LogP contribution in [0, 0.1) is 0 Å². The zero-order chi connectivity index (χ0) is 9.97. The maximum absolute atomic E-state index is 11.0. The van der Waals surface area contributed by atoms with Gasteiger partial charge in [0.15, 0.2) is 5.65 Å². The van der Waals surface area contributed by atoms with Crippen LogP contribution in [0.5, 0.6) is 0 Å². The van der Waals surface area contributed by atoms with Crippen molar-refractivity contribution in [2.24, 2.45) is 0 Å². The fourth-order valence-electron chi connectivity index (χ4n) is 1.10. The highest BCUT2D eigenvalue weighted by Crippen LogP contribution is 2.08. The molecule has 0 aliphatic heterocycles. The van der Waals surface area contributed by atoms with Crippen molar-refractivity contribution in [3.05, 3.63) is 24.7 Å². The standard InChI is InChI=1S/C8H7ClN4O.ClH/c9-3-8(14)11-6-1-2-7-12-10-5-13(7)4-6;/h1-2,4-5H,3H2,(H,11,14);1H. The van der Waals surface area contributed by atoms with Crippen LogP contribution >= 0.6 is 24.0 Å². The van der Waals surface area contributed by atoms with Crippen molar-refractivity contribution >= 4 is 41.2 Å². The number of hydrogen-bond donors (Lipinski definition) is 1. The van der Waals surface area contributed by atoms with Crippen LogP contribution in [0.25, 0.3) is 5.65 Å². The first-order valence-corrected chi connectivity index (χ1v) is 4.48. The Kier molecular flexibility index (Phi) is 3.88. The van der Waals surface area contributed by atoms with Gasteiger partial charge in [0.05, 0.1) is 5.69 Å². The number of anilines is 1. The summed E-state index contributed by atoms with van der Waals surface area (Å²) in [6.45, 7) is 0. The lowest BCUT2D eigenvalue weighted by Gasteiger charge is -2.02. The van der Waals surface area contributed by atoms with E-state index < -0.39 is 0 Å². The van der Waals surface area contributed by atoms with E-state index in [-0.39, 0.29) is 24.2 Å². The van der Waals surface area contributed by atoms with Crippen molar-refractivity contribution < 1.29 is 4.79 Å². The Morgan fingerprint density at radius 1 is 1.53 bits per heavy atom. The largest absolute Gasteiger partial charge is 0.324 e. The Hall–Kier alpha value is -1.33. The van der Waals surface area contributed by atoms with Gasteiger partial charge >= 0.3 is 0 Å². The number of alkyl halides is 1. The molecule has 0 bridgehead atoms. The van der Waals surface area contributed by atoms with Gasteiger partial charge in [-0.2, -0.15) is 0 Å². The quantitative estimate of drug-likeness (QED) is 0.814. The minimum Gasteiger partial charge on any atom is -0.324 e. The van der Waals surface area contributed by atoms with Crippen LogP contribution in [0.15, 0.2) is 24.7 Å². The smallest absolute Gasteiger partial charge is 0.239 e. The summed E-state index contributed by atoms with van der Waals surface area (Å²) in [5.41, 5.74) is 1.40. The first-order valence-electron chi connectivity index (χ1n) is 3.95. The van der Waals surface area contributed by atoms with Gasteiger partial charge < -0.3 is 5.32 Å². The average molecular weight is 247 g/mol. The van der Waals surface area contributed by atoms with Crippen molar-refractivity contribution in [1.29, 1.82) is 0 Å². The minimum atomic E-state index is -0.237. The molecule has 0 atom stereocenters. The SMILES string of the molecule is Cl.O=C(CCl)Nc1ccc2nncn2c1. The van der Waals surface area contributed by atoms with E-state index in [1.165, 1.54) is 0 Å². The van der Waals surface area contributed by atoms with Crippen molar-refractivity contribution in [2.45, 2.75) is 0 Å². The number of halogens is 2. The number of pyridine rings is 1. The van der Waals surface area contributed by atoms with Crippen molar-refractivity contribution in [2.75, 3.05) is 11.2 Å². The summed E-state index contributed by atoms with van der Waals surface area (Å²) in [5.74, 6) is -0.292.